The molecule has 0 saturated heterocycles. The van der Waals surface area contributed by atoms with Crippen LogP contribution in [0.1, 0.15) is 29.7 Å². The minimum Gasteiger partial charge on any atom is -0.504 e. The normalized spacial score (nSPS) is 16.2. The highest BCUT2D eigenvalue weighted by molar-refractivity contribution is 5.54. The summed E-state index contributed by atoms with van der Waals surface area (Å²) >= 11 is 0. The topological polar surface area (TPSA) is 69.6 Å². The lowest BCUT2D eigenvalue weighted by molar-refractivity contribution is 0.0171. The van der Waals surface area contributed by atoms with Crippen LogP contribution >= 0.6 is 0 Å². The second-order valence-corrected chi connectivity index (χ2v) is 6.87. The van der Waals surface area contributed by atoms with Crippen molar-refractivity contribution >= 4 is 0 Å². The lowest BCUT2D eigenvalue weighted by Gasteiger charge is -2.35. The van der Waals surface area contributed by atoms with Crippen molar-refractivity contribution in [3.8, 4) is 28.7 Å². The molecule has 3 rings (SSSR count). The number of hydrogen-bond acceptors (Lipinski definition) is 7. The third kappa shape index (κ3) is 4.36. The maximum absolute atomic E-state index is 10.2. The maximum atomic E-state index is 10.2. The smallest absolute Gasteiger partial charge is 0.203 e. The van der Waals surface area contributed by atoms with Gasteiger partial charge in [0.2, 0.25) is 5.75 Å². The molecular weight excluding hydrogens is 374 g/mol. The first-order valence-electron chi connectivity index (χ1n) is 9.57. The van der Waals surface area contributed by atoms with Gasteiger partial charge in [-0.2, -0.15) is 0 Å². The van der Waals surface area contributed by atoms with E-state index in [2.05, 4.69) is 4.90 Å². The zero-order valence-corrected chi connectivity index (χ0v) is 17.7. The van der Waals surface area contributed by atoms with Crippen LogP contribution in [-0.4, -0.2) is 51.6 Å². The highest BCUT2D eigenvalue weighted by Gasteiger charge is 2.28. The van der Waals surface area contributed by atoms with Crippen molar-refractivity contribution in [2.45, 2.75) is 26.1 Å². The lowest BCUT2D eigenvalue weighted by Crippen LogP contribution is -2.34. The highest BCUT2D eigenvalue weighted by Crippen LogP contribution is 2.40. The van der Waals surface area contributed by atoms with Crippen LogP contribution in [0.4, 0.5) is 0 Å². The molecule has 29 heavy (non-hydrogen) atoms. The van der Waals surface area contributed by atoms with E-state index in [4.69, 9.17) is 23.7 Å². The van der Waals surface area contributed by atoms with Crippen molar-refractivity contribution in [2.24, 2.45) is 0 Å². The van der Waals surface area contributed by atoms with Gasteiger partial charge < -0.3 is 28.8 Å². The number of methoxy groups -OCH3 is 4. The van der Waals surface area contributed by atoms with Crippen LogP contribution in [-0.2, 0) is 17.8 Å². The fourth-order valence-electron chi connectivity index (χ4n) is 3.81. The van der Waals surface area contributed by atoms with E-state index in [9.17, 15) is 5.11 Å². The first-order valence-corrected chi connectivity index (χ1v) is 9.57. The number of rotatable bonds is 8. The van der Waals surface area contributed by atoms with Gasteiger partial charge in [-0.15, -0.1) is 0 Å². The molecule has 0 spiro atoms. The molecule has 2 aromatic carbocycles. The molecule has 1 atom stereocenters. The average Bonchev–Trinajstić information content (AvgIpc) is 2.73. The molecule has 1 aliphatic rings. The number of aromatic hydroxyl groups is 1. The molecule has 1 unspecified atom stereocenters. The molecule has 0 aliphatic carbocycles. The van der Waals surface area contributed by atoms with E-state index in [0.717, 1.165) is 16.7 Å². The van der Waals surface area contributed by atoms with Crippen LogP contribution in [0.3, 0.4) is 0 Å². The molecule has 7 nitrogen and oxygen atoms in total. The second-order valence-electron chi connectivity index (χ2n) is 6.87. The van der Waals surface area contributed by atoms with Gasteiger partial charge in [-0.25, -0.2) is 0 Å². The van der Waals surface area contributed by atoms with Gasteiger partial charge in [0.05, 0.1) is 34.5 Å². The molecule has 0 aromatic heterocycles. The standard InChI is InChI=1S/C22H29NO6/c1-6-29-21-13-23(12-15-9-18(25-2)17(24)10-16(15)21)11-14-7-19(26-3)22(28-5)20(8-14)27-4/h7-10,21,24H,6,11-13H2,1-5H3. The Hall–Kier alpha value is -2.64. The number of phenols is 1. The van der Waals surface area contributed by atoms with Crippen LogP contribution in [0.5, 0.6) is 28.7 Å². The van der Waals surface area contributed by atoms with Gasteiger partial charge in [-0.1, -0.05) is 0 Å². The third-order valence-corrected chi connectivity index (χ3v) is 5.10. The summed E-state index contributed by atoms with van der Waals surface area (Å²) in [6.45, 7) is 4.68. The minimum atomic E-state index is -0.123. The van der Waals surface area contributed by atoms with Crippen molar-refractivity contribution in [3.05, 3.63) is 41.0 Å². The van der Waals surface area contributed by atoms with Crippen molar-refractivity contribution in [2.75, 3.05) is 41.6 Å². The van der Waals surface area contributed by atoms with Crippen LogP contribution in [0.15, 0.2) is 24.3 Å². The predicted octanol–water partition coefficient (Wildman–Crippen LogP) is 3.52. The fraction of sp³-hybridized carbons (Fsp3) is 0.455. The highest BCUT2D eigenvalue weighted by atomic mass is 16.5. The van der Waals surface area contributed by atoms with Gasteiger partial charge in [0.1, 0.15) is 0 Å². The Labute approximate surface area is 171 Å². The summed E-state index contributed by atoms with van der Waals surface area (Å²) in [6.07, 6.45) is -0.123. The predicted molar refractivity (Wildman–Crippen MR) is 109 cm³/mol. The zero-order valence-electron chi connectivity index (χ0n) is 17.7. The van der Waals surface area contributed by atoms with E-state index in [1.807, 2.05) is 25.1 Å². The molecule has 0 saturated carbocycles. The number of nitrogens with zero attached hydrogens (tertiary/aromatic N) is 1. The lowest BCUT2D eigenvalue weighted by atomic mass is 9.95. The summed E-state index contributed by atoms with van der Waals surface area (Å²) in [7, 11) is 6.37. The van der Waals surface area contributed by atoms with E-state index < -0.39 is 0 Å². The Kier molecular flexibility index (Phi) is 6.71. The molecular formula is C22H29NO6. The molecule has 0 amide bonds. The summed E-state index contributed by atoms with van der Waals surface area (Å²) < 4.78 is 27.6. The van der Waals surface area contributed by atoms with Crippen LogP contribution < -0.4 is 18.9 Å². The Morgan fingerprint density at radius 2 is 1.59 bits per heavy atom. The van der Waals surface area contributed by atoms with Crippen LogP contribution in [0.2, 0.25) is 0 Å². The molecule has 0 radical (unpaired) electrons. The van der Waals surface area contributed by atoms with Gasteiger partial charge in [-0.05, 0) is 47.9 Å². The molecule has 1 aliphatic heterocycles. The van der Waals surface area contributed by atoms with Gasteiger partial charge in [-0.3, -0.25) is 4.90 Å². The third-order valence-electron chi connectivity index (χ3n) is 5.10. The summed E-state index contributed by atoms with van der Waals surface area (Å²) in [5.41, 5.74) is 3.13. The summed E-state index contributed by atoms with van der Waals surface area (Å²) in [5, 5.41) is 10.2. The van der Waals surface area contributed by atoms with E-state index >= 15 is 0 Å². The minimum absolute atomic E-state index is 0.123. The number of hydrogen-bond donors (Lipinski definition) is 1. The Morgan fingerprint density at radius 3 is 2.14 bits per heavy atom. The van der Waals surface area contributed by atoms with Crippen molar-refractivity contribution < 1.29 is 28.8 Å². The molecule has 158 valence electrons. The molecule has 0 fully saturated rings. The average molecular weight is 403 g/mol. The molecule has 7 heteroatoms. The first-order chi connectivity index (χ1) is 14.0. The fourth-order valence-corrected chi connectivity index (χ4v) is 3.81. The second kappa shape index (κ2) is 9.24. The van der Waals surface area contributed by atoms with E-state index in [1.54, 1.807) is 34.5 Å². The molecule has 0 bridgehead atoms. The SMILES string of the molecule is CCOC1CN(Cc2cc(OC)c(OC)c(OC)c2)Cc2cc(OC)c(O)cc21. The first kappa shape index (κ1) is 21.1. The van der Waals surface area contributed by atoms with Gasteiger partial charge in [0.15, 0.2) is 23.0 Å². The van der Waals surface area contributed by atoms with Gasteiger partial charge >= 0.3 is 0 Å². The van der Waals surface area contributed by atoms with Crippen molar-refractivity contribution in [1.82, 2.24) is 4.90 Å². The van der Waals surface area contributed by atoms with Crippen molar-refractivity contribution in [3.63, 3.8) is 0 Å². The van der Waals surface area contributed by atoms with E-state index in [1.165, 1.54) is 0 Å². The Balaban J connectivity index is 1.91. The Morgan fingerprint density at radius 1 is 0.931 bits per heavy atom. The number of benzene rings is 2. The molecule has 1 N–H and O–H groups in total. The van der Waals surface area contributed by atoms with Gasteiger partial charge in [0.25, 0.3) is 0 Å². The van der Waals surface area contributed by atoms with Gasteiger partial charge in [0, 0.05) is 26.2 Å². The zero-order chi connectivity index (χ0) is 21.0. The van der Waals surface area contributed by atoms with E-state index in [-0.39, 0.29) is 11.9 Å². The number of phenolic OH excluding ortho intramolecular Hbond substituents is 1. The van der Waals surface area contributed by atoms with Crippen LogP contribution in [0.25, 0.3) is 0 Å². The monoisotopic (exact) mass is 403 g/mol. The number of ether oxygens (including phenoxy) is 5. The molecule has 1 heterocycles. The van der Waals surface area contributed by atoms with Crippen LogP contribution in [0, 0.1) is 0 Å². The van der Waals surface area contributed by atoms with Crippen molar-refractivity contribution in [1.29, 1.82) is 0 Å². The quantitative estimate of drug-likeness (QED) is 0.723. The summed E-state index contributed by atoms with van der Waals surface area (Å²) in [4.78, 5) is 2.29. The maximum Gasteiger partial charge on any atom is 0.203 e. The number of fused-ring (bicyclic) bond motifs is 1. The summed E-state index contributed by atoms with van der Waals surface area (Å²) in [6, 6.07) is 7.57. The largest absolute Gasteiger partial charge is 0.504 e. The summed E-state index contributed by atoms with van der Waals surface area (Å²) in [5.74, 6) is 2.44. The molecule has 2 aromatic rings. The Bertz CT molecular complexity index is 828. The van der Waals surface area contributed by atoms with E-state index in [0.29, 0.717) is 49.2 Å².